The summed E-state index contributed by atoms with van der Waals surface area (Å²) in [6.45, 7) is 1.35. The van der Waals surface area contributed by atoms with Crippen LogP contribution in [-0.4, -0.2) is 30.1 Å². The summed E-state index contributed by atoms with van der Waals surface area (Å²) in [7, 11) is 0. The van der Waals surface area contributed by atoms with Gasteiger partial charge in [0.15, 0.2) is 0 Å². The van der Waals surface area contributed by atoms with Gasteiger partial charge < -0.3 is 15.4 Å². The number of hydrogen-bond donors (Lipinski definition) is 1. The standard InChI is InChI=1S/C12H15BrN2O2/c13-9-2-1-3-11(8-9)17-10-4-6-15(7-5-10)12(14)16/h1-3,8,10H,4-7H2,(H2,14,16). The number of likely N-dealkylation sites (tertiary alicyclic amines) is 1. The SMILES string of the molecule is NC(=O)N1CCC(Oc2cccc(Br)c2)CC1. The second kappa shape index (κ2) is 5.40. The molecule has 2 amide bonds. The van der Waals surface area contributed by atoms with Gasteiger partial charge >= 0.3 is 6.03 Å². The molecule has 0 unspecified atom stereocenters. The molecule has 0 radical (unpaired) electrons. The smallest absolute Gasteiger partial charge is 0.314 e. The number of benzene rings is 1. The molecular weight excluding hydrogens is 284 g/mol. The minimum Gasteiger partial charge on any atom is -0.490 e. The maximum absolute atomic E-state index is 11.0. The average Bonchev–Trinajstić information content (AvgIpc) is 2.29. The fourth-order valence-corrected chi connectivity index (χ4v) is 2.31. The van der Waals surface area contributed by atoms with Crippen LogP contribution in [0, 0.1) is 0 Å². The molecule has 4 nitrogen and oxygen atoms in total. The highest BCUT2D eigenvalue weighted by Crippen LogP contribution is 2.22. The molecular formula is C12H15BrN2O2. The number of hydrogen-bond acceptors (Lipinski definition) is 2. The number of primary amides is 1. The Hall–Kier alpha value is -1.23. The molecule has 17 heavy (non-hydrogen) atoms. The van der Waals surface area contributed by atoms with Crippen molar-refractivity contribution >= 4 is 22.0 Å². The summed E-state index contributed by atoms with van der Waals surface area (Å²) in [5.74, 6) is 0.858. The molecule has 0 saturated carbocycles. The van der Waals surface area contributed by atoms with E-state index in [4.69, 9.17) is 10.5 Å². The van der Waals surface area contributed by atoms with Gasteiger partial charge in [-0.3, -0.25) is 0 Å². The maximum Gasteiger partial charge on any atom is 0.314 e. The van der Waals surface area contributed by atoms with E-state index in [1.54, 1.807) is 4.90 Å². The van der Waals surface area contributed by atoms with Gasteiger partial charge in [-0.15, -0.1) is 0 Å². The first-order chi connectivity index (χ1) is 8.15. The molecule has 1 heterocycles. The van der Waals surface area contributed by atoms with E-state index in [1.165, 1.54) is 0 Å². The van der Waals surface area contributed by atoms with Gasteiger partial charge in [0.25, 0.3) is 0 Å². The maximum atomic E-state index is 11.0. The van der Waals surface area contributed by atoms with E-state index < -0.39 is 0 Å². The molecule has 1 aromatic carbocycles. The van der Waals surface area contributed by atoms with Crippen LogP contribution in [0.2, 0.25) is 0 Å². The van der Waals surface area contributed by atoms with Crippen LogP contribution in [0.15, 0.2) is 28.7 Å². The molecule has 0 aliphatic carbocycles. The second-order valence-corrected chi connectivity index (χ2v) is 5.02. The first kappa shape index (κ1) is 12.2. The van der Waals surface area contributed by atoms with Gasteiger partial charge in [0.1, 0.15) is 11.9 Å². The fraction of sp³-hybridized carbons (Fsp3) is 0.417. The van der Waals surface area contributed by atoms with Crippen LogP contribution in [0.25, 0.3) is 0 Å². The van der Waals surface area contributed by atoms with Crippen molar-refractivity contribution in [3.05, 3.63) is 28.7 Å². The van der Waals surface area contributed by atoms with Crippen molar-refractivity contribution in [2.45, 2.75) is 18.9 Å². The summed E-state index contributed by atoms with van der Waals surface area (Å²) in [5, 5.41) is 0. The first-order valence-corrected chi connectivity index (χ1v) is 6.41. The Balaban J connectivity index is 1.88. The zero-order valence-corrected chi connectivity index (χ0v) is 11.0. The quantitative estimate of drug-likeness (QED) is 0.911. The highest BCUT2D eigenvalue weighted by atomic mass is 79.9. The molecule has 0 atom stereocenters. The molecule has 2 rings (SSSR count). The molecule has 0 spiro atoms. The summed E-state index contributed by atoms with van der Waals surface area (Å²) in [4.78, 5) is 12.6. The molecule has 0 aromatic heterocycles. The number of nitrogens with two attached hydrogens (primary N) is 1. The van der Waals surface area contributed by atoms with E-state index in [1.807, 2.05) is 24.3 Å². The van der Waals surface area contributed by atoms with E-state index in [9.17, 15) is 4.79 Å². The molecule has 1 fully saturated rings. The molecule has 1 aliphatic heterocycles. The lowest BCUT2D eigenvalue weighted by Crippen LogP contribution is -2.44. The zero-order chi connectivity index (χ0) is 12.3. The van der Waals surface area contributed by atoms with Crippen molar-refractivity contribution in [1.29, 1.82) is 0 Å². The number of urea groups is 1. The molecule has 0 bridgehead atoms. The summed E-state index contributed by atoms with van der Waals surface area (Å²) in [6.07, 6.45) is 1.82. The number of rotatable bonds is 2. The van der Waals surface area contributed by atoms with Crippen LogP contribution < -0.4 is 10.5 Å². The predicted octanol–water partition coefficient (Wildman–Crippen LogP) is 2.37. The third-order valence-corrected chi connectivity index (χ3v) is 3.35. The summed E-state index contributed by atoms with van der Waals surface area (Å²) in [6, 6.07) is 7.44. The number of halogens is 1. The average molecular weight is 299 g/mol. The highest BCUT2D eigenvalue weighted by Gasteiger charge is 2.22. The van der Waals surface area contributed by atoms with Gasteiger partial charge in [-0.1, -0.05) is 22.0 Å². The lowest BCUT2D eigenvalue weighted by Gasteiger charge is -2.31. The van der Waals surface area contributed by atoms with E-state index in [-0.39, 0.29) is 12.1 Å². The van der Waals surface area contributed by atoms with E-state index >= 15 is 0 Å². The molecule has 1 saturated heterocycles. The Bertz CT molecular complexity index is 403. The zero-order valence-electron chi connectivity index (χ0n) is 9.43. The van der Waals surface area contributed by atoms with Crippen molar-refractivity contribution < 1.29 is 9.53 Å². The van der Waals surface area contributed by atoms with Crippen LogP contribution in [0.4, 0.5) is 4.79 Å². The first-order valence-electron chi connectivity index (χ1n) is 5.62. The molecule has 1 aromatic rings. The second-order valence-electron chi connectivity index (χ2n) is 4.10. The Morgan fingerprint density at radius 1 is 1.41 bits per heavy atom. The molecule has 2 N–H and O–H groups in total. The molecule has 92 valence electrons. The van der Waals surface area contributed by atoms with Crippen molar-refractivity contribution in [2.75, 3.05) is 13.1 Å². The molecule has 5 heteroatoms. The Morgan fingerprint density at radius 2 is 2.12 bits per heavy atom. The number of nitrogens with zero attached hydrogens (tertiary/aromatic N) is 1. The van der Waals surface area contributed by atoms with E-state index in [0.29, 0.717) is 13.1 Å². The number of ether oxygens (including phenoxy) is 1. The monoisotopic (exact) mass is 298 g/mol. The Labute approximate surface area is 109 Å². The van der Waals surface area contributed by atoms with Crippen LogP contribution in [-0.2, 0) is 0 Å². The topological polar surface area (TPSA) is 55.6 Å². The fourth-order valence-electron chi connectivity index (χ4n) is 1.93. The largest absolute Gasteiger partial charge is 0.490 e. The lowest BCUT2D eigenvalue weighted by molar-refractivity contribution is 0.114. The minimum absolute atomic E-state index is 0.167. The summed E-state index contributed by atoms with van der Waals surface area (Å²) >= 11 is 3.41. The van der Waals surface area contributed by atoms with Gasteiger partial charge in [0.05, 0.1) is 0 Å². The Morgan fingerprint density at radius 3 is 2.71 bits per heavy atom. The summed E-state index contributed by atoms with van der Waals surface area (Å²) < 4.78 is 6.86. The van der Waals surface area contributed by atoms with Crippen LogP contribution in [0.5, 0.6) is 5.75 Å². The van der Waals surface area contributed by atoms with Crippen LogP contribution in [0.1, 0.15) is 12.8 Å². The van der Waals surface area contributed by atoms with Gasteiger partial charge in [-0.05, 0) is 18.2 Å². The Kier molecular flexibility index (Phi) is 3.89. The third-order valence-electron chi connectivity index (χ3n) is 2.85. The normalized spacial score (nSPS) is 16.9. The lowest BCUT2D eigenvalue weighted by atomic mass is 10.1. The van der Waals surface area contributed by atoms with Crippen LogP contribution in [0.3, 0.4) is 0 Å². The van der Waals surface area contributed by atoms with E-state index in [2.05, 4.69) is 15.9 Å². The van der Waals surface area contributed by atoms with Crippen molar-refractivity contribution in [3.8, 4) is 5.75 Å². The van der Waals surface area contributed by atoms with Gasteiger partial charge in [-0.25, -0.2) is 4.79 Å². The number of amides is 2. The van der Waals surface area contributed by atoms with Gasteiger partial charge in [0, 0.05) is 30.4 Å². The van der Waals surface area contributed by atoms with Gasteiger partial charge in [-0.2, -0.15) is 0 Å². The molecule has 1 aliphatic rings. The number of piperidine rings is 1. The van der Waals surface area contributed by atoms with Crippen molar-refractivity contribution in [2.24, 2.45) is 5.73 Å². The van der Waals surface area contributed by atoms with Crippen LogP contribution >= 0.6 is 15.9 Å². The highest BCUT2D eigenvalue weighted by molar-refractivity contribution is 9.10. The minimum atomic E-state index is -0.342. The van der Waals surface area contributed by atoms with Crippen molar-refractivity contribution in [1.82, 2.24) is 4.90 Å². The number of carbonyl (C=O) groups excluding carboxylic acids is 1. The van der Waals surface area contributed by atoms with Gasteiger partial charge in [0.2, 0.25) is 0 Å². The van der Waals surface area contributed by atoms with E-state index in [0.717, 1.165) is 23.1 Å². The summed E-state index contributed by atoms with van der Waals surface area (Å²) in [5.41, 5.74) is 5.23. The number of carbonyl (C=O) groups is 1. The van der Waals surface area contributed by atoms with Crippen molar-refractivity contribution in [3.63, 3.8) is 0 Å². The predicted molar refractivity (Wildman–Crippen MR) is 68.9 cm³/mol. The third kappa shape index (κ3) is 3.36.